The summed E-state index contributed by atoms with van der Waals surface area (Å²) in [5.41, 5.74) is 0. The molecule has 0 saturated carbocycles. The first-order valence-corrected chi connectivity index (χ1v) is 4.50. The molecule has 2 aliphatic rings. The van der Waals surface area contributed by atoms with Crippen LogP contribution in [0.3, 0.4) is 0 Å². The van der Waals surface area contributed by atoms with Gasteiger partial charge in [-0.1, -0.05) is 0 Å². The summed E-state index contributed by atoms with van der Waals surface area (Å²) in [5.74, 6) is 0. The predicted octanol–water partition coefficient (Wildman–Crippen LogP) is -0.0640. The number of aliphatic hydroxyl groups excluding tert-OH is 1. The van der Waals surface area contributed by atoms with Crippen molar-refractivity contribution >= 4 is 6.09 Å². The van der Waals surface area contributed by atoms with Crippen molar-refractivity contribution in [1.82, 2.24) is 4.90 Å². The number of aliphatic hydroxyl groups is 1. The molecule has 0 aromatic rings. The summed E-state index contributed by atoms with van der Waals surface area (Å²) in [4.78, 5) is 12.8. The number of nitrogens with zero attached hydrogens (tertiary/aromatic N) is 1. The lowest BCUT2D eigenvalue weighted by atomic mass is 10.2. The van der Waals surface area contributed by atoms with Gasteiger partial charge in [0.05, 0.1) is 12.6 Å². The highest BCUT2D eigenvalue weighted by molar-refractivity contribution is 5.70. The Balaban J connectivity index is 2.04. The van der Waals surface area contributed by atoms with E-state index in [1.54, 1.807) is 0 Å². The molecule has 0 aromatic carbocycles. The van der Waals surface area contributed by atoms with Gasteiger partial charge in [0.25, 0.3) is 0 Å². The molecule has 2 atom stereocenters. The molecule has 2 rings (SSSR count). The summed E-state index contributed by atoms with van der Waals surface area (Å²) >= 11 is 0. The van der Waals surface area contributed by atoms with Gasteiger partial charge in [0, 0.05) is 6.61 Å². The molecule has 74 valence electrons. The smallest absolute Gasteiger partial charge is 0.412 e. The van der Waals surface area contributed by atoms with Gasteiger partial charge < -0.3 is 14.6 Å². The zero-order chi connectivity index (χ0) is 9.26. The van der Waals surface area contributed by atoms with Crippen LogP contribution in [-0.4, -0.2) is 48.2 Å². The molecule has 0 aromatic heterocycles. The quantitative estimate of drug-likeness (QED) is 0.657. The minimum absolute atomic E-state index is 0.0639. The lowest BCUT2D eigenvalue weighted by Gasteiger charge is -2.25. The number of carbonyl (C=O) groups excluding carboxylic acids is 1. The Hall–Kier alpha value is -0.810. The Morgan fingerprint density at radius 2 is 2.46 bits per heavy atom. The fourth-order valence-electron chi connectivity index (χ4n) is 1.74. The van der Waals surface area contributed by atoms with E-state index in [9.17, 15) is 4.79 Å². The fourth-order valence-corrected chi connectivity index (χ4v) is 1.74. The second-order valence-corrected chi connectivity index (χ2v) is 3.29. The maximum atomic E-state index is 11.2. The molecule has 2 fully saturated rings. The monoisotopic (exact) mass is 187 g/mol. The number of carbonyl (C=O) groups is 1. The SMILES string of the molecule is O=C1OCC(CO)N1C1CCCO1. The van der Waals surface area contributed by atoms with Gasteiger partial charge in [-0.25, -0.2) is 4.79 Å². The Kier molecular flexibility index (Phi) is 2.37. The molecular weight excluding hydrogens is 174 g/mol. The van der Waals surface area contributed by atoms with Gasteiger partial charge in [-0.15, -0.1) is 0 Å². The summed E-state index contributed by atoms with van der Waals surface area (Å²) in [7, 11) is 0. The van der Waals surface area contributed by atoms with Gasteiger partial charge >= 0.3 is 6.09 Å². The summed E-state index contributed by atoms with van der Waals surface area (Å²) in [6, 6.07) is -0.226. The standard InChI is InChI=1S/C8H13NO4/c10-4-6-5-13-8(11)9(6)7-2-1-3-12-7/h6-7,10H,1-5H2. The lowest BCUT2D eigenvalue weighted by Crippen LogP contribution is -2.43. The highest BCUT2D eigenvalue weighted by Gasteiger charge is 2.39. The number of cyclic esters (lactones) is 1. The summed E-state index contributed by atoms with van der Waals surface area (Å²) < 4.78 is 10.2. The summed E-state index contributed by atoms with van der Waals surface area (Å²) in [5, 5.41) is 8.99. The molecule has 0 bridgehead atoms. The topological polar surface area (TPSA) is 59.0 Å². The summed E-state index contributed by atoms with van der Waals surface area (Å²) in [6.07, 6.45) is 1.25. The largest absolute Gasteiger partial charge is 0.447 e. The molecule has 1 amide bonds. The first kappa shape index (κ1) is 8.77. The zero-order valence-electron chi connectivity index (χ0n) is 7.31. The molecule has 5 heteroatoms. The molecule has 2 aliphatic heterocycles. The molecule has 0 aliphatic carbocycles. The fraction of sp³-hybridized carbons (Fsp3) is 0.875. The number of hydrogen-bond donors (Lipinski definition) is 1. The van der Waals surface area contributed by atoms with Gasteiger partial charge in [0.2, 0.25) is 0 Å². The van der Waals surface area contributed by atoms with E-state index in [2.05, 4.69) is 0 Å². The first-order chi connectivity index (χ1) is 6.33. The Morgan fingerprint density at radius 1 is 1.62 bits per heavy atom. The highest BCUT2D eigenvalue weighted by Crippen LogP contribution is 2.23. The van der Waals surface area contributed by atoms with Gasteiger partial charge in [-0.05, 0) is 12.8 Å². The average molecular weight is 187 g/mol. The number of ether oxygens (including phenoxy) is 2. The molecule has 0 radical (unpaired) electrons. The molecular formula is C8H13NO4. The highest BCUT2D eigenvalue weighted by atomic mass is 16.6. The van der Waals surface area contributed by atoms with Crippen LogP contribution in [0.4, 0.5) is 4.79 Å². The van der Waals surface area contributed by atoms with Crippen LogP contribution in [0.1, 0.15) is 12.8 Å². The van der Waals surface area contributed by atoms with Gasteiger partial charge in [-0.3, -0.25) is 4.90 Å². The third-order valence-electron chi connectivity index (χ3n) is 2.43. The maximum absolute atomic E-state index is 11.2. The molecule has 2 heterocycles. The van der Waals surface area contributed by atoms with Crippen LogP contribution >= 0.6 is 0 Å². The van der Waals surface area contributed by atoms with E-state index in [4.69, 9.17) is 14.6 Å². The van der Waals surface area contributed by atoms with Crippen LogP contribution in [0.2, 0.25) is 0 Å². The van der Waals surface area contributed by atoms with Crippen LogP contribution in [-0.2, 0) is 9.47 Å². The molecule has 5 nitrogen and oxygen atoms in total. The Bertz CT molecular complexity index is 202. The molecule has 0 spiro atoms. The van der Waals surface area contributed by atoms with Crippen molar-refractivity contribution in [2.75, 3.05) is 19.8 Å². The van der Waals surface area contributed by atoms with Crippen molar-refractivity contribution in [2.45, 2.75) is 25.1 Å². The maximum Gasteiger partial charge on any atom is 0.412 e. The van der Waals surface area contributed by atoms with Crippen molar-refractivity contribution in [3.05, 3.63) is 0 Å². The van der Waals surface area contributed by atoms with Crippen molar-refractivity contribution in [2.24, 2.45) is 0 Å². The first-order valence-electron chi connectivity index (χ1n) is 4.50. The zero-order valence-corrected chi connectivity index (χ0v) is 7.31. The van der Waals surface area contributed by atoms with E-state index in [-0.39, 0.29) is 31.6 Å². The van der Waals surface area contributed by atoms with Crippen LogP contribution in [0.5, 0.6) is 0 Å². The number of amides is 1. The van der Waals surface area contributed by atoms with Gasteiger partial charge in [0.1, 0.15) is 12.8 Å². The Labute approximate surface area is 76.2 Å². The van der Waals surface area contributed by atoms with Crippen molar-refractivity contribution in [3.63, 3.8) is 0 Å². The Morgan fingerprint density at radius 3 is 3.08 bits per heavy atom. The van der Waals surface area contributed by atoms with Crippen LogP contribution in [0.15, 0.2) is 0 Å². The summed E-state index contributed by atoms with van der Waals surface area (Å²) in [6.45, 7) is 0.896. The second kappa shape index (κ2) is 3.51. The van der Waals surface area contributed by atoms with E-state index in [1.807, 2.05) is 0 Å². The van der Waals surface area contributed by atoms with Crippen LogP contribution in [0.25, 0.3) is 0 Å². The van der Waals surface area contributed by atoms with E-state index >= 15 is 0 Å². The molecule has 2 unspecified atom stereocenters. The van der Waals surface area contributed by atoms with E-state index < -0.39 is 0 Å². The third-order valence-corrected chi connectivity index (χ3v) is 2.43. The van der Waals surface area contributed by atoms with Crippen LogP contribution < -0.4 is 0 Å². The minimum Gasteiger partial charge on any atom is -0.447 e. The predicted molar refractivity (Wildman–Crippen MR) is 43.0 cm³/mol. The van der Waals surface area contributed by atoms with E-state index in [1.165, 1.54) is 4.90 Å². The van der Waals surface area contributed by atoms with Crippen molar-refractivity contribution in [3.8, 4) is 0 Å². The molecule has 1 N–H and O–H groups in total. The average Bonchev–Trinajstić information content (AvgIpc) is 2.72. The second-order valence-electron chi connectivity index (χ2n) is 3.29. The van der Waals surface area contributed by atoms with Gasteiger partial charge in [0.15, 0.2) is 0 Å². The normalized spacial score (nSPS) is 33.9. The third kappa shape index (κ3) is 1.49. The number of hydrogen-bond acceptors (Lipinski definition) is 4. The van der Waals surface area contributed by atoms with E-state index in [0.717, 1.165) is 12.8 Å². The number of rotatable bonds is 2. The van der Waals surface area contributed by atoms with Gasteiger partial charge in [-0.2, -0.15) is 0 Å². The van der Waals surface area contributed by atoms with Crippen molar-refractivity contribution in [1.29, 1.82) is 0 Å². The van der Waals surface area contributed by atoms with Crippen molar-refractivity contribution < 1.29 is 19.4 Å². The van der Waals surface area contributed by atoms with E-state index in [0.29, 0.717) is 6.61 Å². The lowest BCUT2D eigenvalue weighted by molar-refractivity contribution is -0.0139. The minimum atomic E-state index is -0.369. The van der Waals surface area contributed by atoms with Crippen LogP contribution in [0, 0.1) is 0 Å². The molecule has 2 saturated heterocycles. The molecule has 13 heavy (non-hydrogen) atoms.